The summed E-state index contributed by atoms with van der Waals surface area (Å²) in [4.78, 5) is 2.38. The van der Waals surface area contributed by atoms with E-state index in [2.05, 4.69) is 17.9 Å². The first kappa shape index (κ1) is 13.9. The van der Waals surface area contributed by atoms with Crippen LogP contribution in [0, 0.1) is 12.3 Å². The van der Waals surface area contributed by atoms with Crippen molar-refractivity contribution in [2.24, 2.45) is 5.73 Å². The van der Waals surface area contributed by atoms with Gasteiger partial charge >= 0.3 is 0 Å². The number of nitrogens with two attached hydrogens (primary N) is 1. The number of aliphatic hydroxyl groups is 1. The van der Waals surface area contributed by atoms with E-state index >= 15 is 0 Å². The zero-order valence-corrected chi connectivity index (χ0v) is 11.5. The number of para-hydroxylation sites is 1. The molecule has 1 aliphatic rings. The number of hydrogen-bond donors (Lipinski definition) is 3. The molecule has 0 saturated carbocycles. The number of nitrogens with one attached hydrogen (secondary N) is 1. The van der Waals surface area contributed by atoms with Gasteiger partial charge in [0.25, 0.3) is 0 Å². The van der Waals surface area contributed by atoms with Crippen LogP contribution in [0.25, 0.3) is 0 Å². The van der Waals surface area contributed by atoms with Crippen LogP contribution in [0.1, 0.15) is 36.8 Å². The van der Waals surface area contributed by atoms with Gasteiger partial charge in [0.1, 0.15) is 5.84 Å². The summed E-state index contributed by atoms with van der Waals surface area (Å²) < 4.78 is 0. The van der Waals surface area contributed by atoms with Gasteiger partial charge in [-0.05, 0) is 44.2 Å². The fourth-order valence-corrected chi connectivity index (χ4v) is 3.01. The molecule has 1 aromatic rings. The molecule has 19 heavy (non-hydrogen) atoms. The van der Waals surface area contributed by atoms with Gasteiger partial charge in [0.2, 0.25) is 0 Å². The maximum Gasteiger partial charge on any atom is 0.124 e. The van der Waals surface area contributed by atoms with Crippen LogP contribution in [0.5, 0.6) is 0 Å². The quantitative estimate of drug-likeness (QED) is 0.561. The second-order valence-corrected chi connectivity index (χ2v) is 5.24. The Kier molecular flexibility index (Phi) is 4.43. The van der Waals surface area contributed by atoms with E-state index < -0.39 is 0 Å². The van der Waals surface area contributed by atoms with Crippen LogP contribution in [-0.2, 0) is 0 Å². The highest BCUT2D eigenvalue weighted by atomic mass is 16.2. The highest BCUT2D eigenvalue weighted by Gasteiger charge is 2.27. The summed E-state index contributed by atoms with van der Waals surface area (Å²) in [6, 6.07) is 6.41. The highest BCUT2D eigenvalue weighted by Crippen LogP contribution is 2.33. The number of hydrogen-bond acceptors (Lipinski definition) is 3. The zero-order valence-electron chi connectivity index (χ0n) is 11.5. The molecule has 1 atom stereocenters. The monoisotopic (exact) mass is 261 g/mol. The summed E-state index contributed by atoms with van der Waals surface area (Å²) in [7, 11) is 0. The van der Waals surface area contributed by atoms with Crippen molar-refractivity contribution in [3.8, 4) is 0 Å². The number of benzene rings is 1. The molecule has 4 nitrogen and oxygen atoms in total. The predicted molar refractivity (Wildman–Crippen MR) is 78.9 cm³/mol. The topological polar surface area (TPSA) is 73.3 Å². The molecule has 0 aliphatic carbocycles. The third kappa shape index (κ3) is 2.89. The molecule has 0 amide bonds. The smallest absolute Gasteiger partial charge is 0.124 e. The average molecular weight is 261 g/mol. The standard InChI is InChI=1S/C15H23N3O/c1-11-5-2-8-13(15(16)17)14(11)18-9-3-6-12(18)7-4-10-19/h2,5,8,12,19H,3-4,6-7,9-10H2,1H3,(H3,16,17). The SMILES string of the molecule is Cc1cccc(C(=N)N)c1N1CCCC1CCCO. The van der Waals surface area contributed by atoms with Gasteiger partial charge in [-0.1, -0.05) is 12.1 Å². The van der Waals surface area contributed by atoms with Crippen molar-refractivity contribution >= 4 is 11.5 Å². The summed E-state index contributed by atoms with van der Waals surface area (Å²) in [6.07, 6.45) is 4.16. The third-order valence-corrected chi connectivity index (χ3v) is 3.89. The Hall–Kier alpha value is -1.55. The van der Waals surface area contributed by atoms with Crippen LogP contribution in [0.3, 0.4) is 0 Å². The number of aliphatic hydroxyl groups excluding tert-OH is 1. The minimum absolute atomic E-state index is 0.131. The first-order valence-corrected chi connectivity index (χ1v) is 6.96. The Morgan fingerprint density at radius 2 is 2.32 bits per heavy atom. The van der Waals surface area contributed by atoms with Gasteiger partial charge < -0.3 is 15.7 Å². The first-order valence-electron chi connectivity index (χ1n) is 6.96. The lowest BCUT2D eigenvalue weighted by Crippen LogP contribution is -2.32. The van der Waals surface area contributed by atoms with E-state index in [9.17, 15) is 0 Å². The van der Waals surface area contributed by atoms with Crippen molar-refractivity contribution in [3.63, 3.8) is 0 Å². The minimum atomic E-state index is 0.131. The lowest BCUT2D eigenvalue weighted by molar-refractivity contribution is 0.279. The van der Waals surface area contributed by atoms with Gasteiger partial charge in [0.15, 0.2) is 0 Å². The number of rotatable bonds is 5. The number of nitrogen functional groups attached to an aromatic ring is 1. The Morgan fingerprint density at radius 3 is 3.00 bits per heavy atom. The van der Waals surface area contributed by atoms with E-state index in [4.69, 9.17) is 16.2 Å². The lowest BCUT2D eigenvalue weighted by atomic mass is 10.0. The van der Waals surface area contributed by atoms with Gasteiger partial charge in [-0.25, -0.2) is 0 Å². The molecule has 104 valence electrons. The first-order chi connectivity index (χ1) is 9.15. The molecule has 4 heteroatoms. The summed E-state index contributed by atoms with van der Waals surface area (Å²) in [5, 5.41) is 16.8. The third-order valence-electron chi connectivity index (χ3n) is 3.89. The molecular formula is C15H23N3O. The highest BCUT2D eigenvalue weighted by molar-refractivity contribution is 6.01. The Balaban J connectivity index is 2.32. The Labute approximate surface area is 114 Å². The van der Waals surface area contributed by atoms with Crippen LogP contribution < -0.4 is 10.6 Å². The van der Waals surface area contributed by atoms with E-state index in [1.807, 2.05) is 12.1 Å². The van der Waals surface area contributed by atoms with Crippen molar-refractivity contribution in [3.05, 3.63) is 29.3 Å². The summed E-state index contributed by atoms with van der Waals surface area (Å²) in [5.74, 6) is 0.131. The molecule has 0 aromatic heterocycles. The van der Waals surface area contributed by atoms with Gasteiger partial charge in [-0.2, -0.15) is 0 Å². The van der Waals surface area contributed by atoms with Crippen LogP contribution in [0.15, 0.2) is 18.2 Å². The predicted octanol–water partition coefficient (Wildman–Crippen LogP) is 2.02. The normalized spacial score (nSPS) is 18.8. The van der Waals surface area contributed by atoms with Crippen LogP contribution in [0.4, 0.5) is 5.69 Å². The molecule has 0 spiro atoms. The number of nitrogens with zero attached hydrogens (tertiary/aromatic N) is 1. The molecule has 1 fully saturated rings. The molecule has 1 heterocycles. The summed E-state index contributed by atoms with van der Waals surface area (Å²) in [5.41, 5.74) is 8.82. The van der Waals surface area contributed by atoms with Gasteiger partial charge in [0, 0.05) is 24.8 Å². The maximum atomic E-state index is 9.01. The Morgan fingerprint density at radius 1 is 1.53 bits per heavy atom. The molecular weight excluding hydrogens is 238 g/mol. The summed E-state index contributed by atoms with van der Waals surface area (Å²) >= 11 is 0. The molecule has 1 aromatic carbocycles. The summed E-state index contributed by atoms with van der Waals surface area (Å²) in [6.45, 7) is 3.34. The fourth-order valence-electron chi connectivity index (χ4n) is 3.01. The number of anilines is 1. The minimum Gasteiger partial charge on any atom is -0.396 e. The molecule has 0 bridgehead atoms. The largest absolute Gasteiger partial charge is 0.396 e. The van der Waals surface area contributed by atoms with Crippen LogP contribution >= 0.6 is 0 Å². The van der Waals surface area contributed by atoms with Crippen LogP contribution in [-0.4, -0.2) is 30.1 Å². The van der Waals surface area contributed by atoms with E-state index in [1.54, 1.807) is 0 Å². The van der Waals surface area contributed by atoms with Crippen molar-refractivity contribution in [1.82, 2.24) is 0 Å². The van der Waals surface area contributed by atoms with Gasteiger partial charge in [-0.3, -0.25) is 5.41 Å². The fraction of sp³-hybridized carbons (Fsp3) is 0.533. The zero-order chi connectivity index (χ0) is 13.8. The van der Waals surface area contributed by atoms with Crippen molar-refractivity contribution in [2.75, 3.05) is 18.1 Å². The molecule has 2 rings (SSSR count). The number of aryl methyl sites for hydroxylation is 1. The van der Waals surface area contributed by atoms with Gasteiger partial charge in [-0.15, -0.1) is 0 Å². The van der Waals surface area contributed by atoms with E-state index in [0.29, 0.717) is 6.04 Å². The lowest BCUT2D eigenvalue weighted by Gasteiger charge is -2.30. The number of amidine groups is 1. The van der Waals surface area contributed by atoms with Crippen molar-refractivity contribution in [2.45, 2.75) is 38.6 Å². The molecule has 1 unspecified atom stereocenters. The average Bonchev–Trinajstić information content (AvgIpc) is 2.83. The molecule has 0 radical (unpaired) electrons. The van der Waals surface area contributed by atoms with Crippen LogP contribution in [0.2, 0.25) is 0 Å². The van der Waals surface area contributed by atoms with E-state index in [1.165, 1.54) is 12.0 Å². The Bertz CT molecular complexity index is 459. The molecule has 4 N–H and O–H groups in total. The van der Waals surface area contributed by atoms with Crippen molar-refractivity contribution in [1.29, 1.82) is 5.41 Å². The maximum absolute atomic E-state index is 9.01. The van der Waals surface area contributed by atoms with Gasteiger partial charge in [0.05, 0.1) is 5.69 Å². The second kappa shape index (κ2) is 6.06. The molecule has 1 aliphatic heterocycles. The van der Waals surface area contributed by atoms with Crippen molar-refractivity contribution < 1.29 is 5.11 Å². The second-order valence-electron chi connectivity index (χ2n) is 5.24. The van der Waals surface area contributed by atoms with E-state index in [-0.39, 0.29) is 12.4 Å². The molecule has 1 saturated heterocycles. The van der Waals surface area contributed by atoms with E-state index in [0.717, 1.165) is 37.1 Å².